The van der Waals surface area contributed by atoms with E-state index in [9.17, 15) is 0 Å². The summed E-state index contributed by atoms with van der Waals surface area (Å²) in [5.41, 5.74) is 0. The molecule has 1 atom stereocenters. The summed E-state index contributed by atoms with van der Waals surface area (Å²) in [6, 6.07) is 1.81. The van der Waals surface area contributed by atoms with E-state index >= 15 is 0 Å². The molecule has 0 aromatic carbocycles. The molecule has 1 saturated heterocycles. The van der Waals surface area contributed by atoms with Crippen molar-refractivity contribution < 1.29 is 4.74 Å². The molecule has 82 valence electrons. The summed E-state index contributed by atoms with van der Waals surface area (Å²) in [6.07, 6.45) is 5.91. The molecule has 4 heteroatoms. The Morgan fingerprint density at radius 2 is 2.27 bits per heavy atom. The number of nitrogens with zero attached hydrogens (tertiary/aromatic N) is 2. The predicted molar refractivity (Wildman–Crippen MR) is 57.3 cm³/mol. The van der Waals surface area contributed by atoms with E-state index in [4.69, 9.17) is 4.74 Å². The molecule has 1 unspecified atom stereocenters. The van der Waals surface area contributed by atoms with Crippen LogP contribution in [0.4, 0.5) is 0 Å². The van der Waals surface area contributed by atoms with Gasteiger partial charge < -0.3 is 10.1 Å². The minimum absolute atomic E-state index is 0.529. The molecule has 0 aliphatic carbocycles. The fourth-order valence-corrected chi connectivity index (χ4v) is 1.78. The summed E-state index contributed by atoms with van der Waals surface area (Å²) in [4.78, 5) is 8.20. The monoisotopic (exact) mass is 207 g/mol. The zero-order chi connectivity index (χ0) is 10.3. The van der Waals surface area contributed by atoms with E-state index in [1.165, 1.54) is 6.42 Å². The van der Waals surface area contributed by atoms with Crippen LogP contribution in [-0.2, 0) is 11.3 Å². The third-order valence-corrected chi connectivity index (χ3v) is 2.68. The van der Waals surface area contributed by atoms with Crippen molar-refractivity contribution in [3.05, 3.63) is 24.3 Å². The lowest BCUT2D eigenvalue weighted by atomic mass is 10.1. The van der Waals surface area contributed by atoms with Crippen molar-refractivity contribution >= 4 is 0 Å². The second kappa shape index (κ2) is 5.78. The highest BCUT2D eigenvalue weighted by molar-refractivity contribution is 4.86. The van der Waals surface area contributed by atoms with Gasteiger partial charge in [0, 0.05) is 19.0 Å². The largest absolute Gasteiger partial charge is 0.373 e. The first kappa shape index (κ1) is 10.5. The lowest BCUT2D eigenvalue weighted by Gasteiger charge is -2.07. The second-order valence-corrected chi connectivity index (χ2v) is 3.87. The molecule has 0 spiro atoms. The number of hydrogen-bond donors (Lipinski definition) is 1. The zero-order valence-corrected chi connectivity index (χ0v) is 8.85. The van der Waals surface area contributed by atoms with Gasteiger partial charge in [-0.1, -0.05) is 0 Å². The zero-order valence-electron chi connectivity index (χ0n) is 8.85. The third kappa shape index (κ3) is 3.57. The average molecular weight is 207 g/mol. The van der Waals surface area contributed by atoms with E-state index in [0.29, 0.717) is 6.61 Å². The maximum atomic E-state index is 5.53. The number of ether oxygens (including phenoxy) is 1. The molecule has 2 heterocycles. The maximum absolute atomic E-state index is 5.53. The van der Waals surface area contributed by atoms with Gasteiger partial charge in [0.2, 0.25) is 0 Å². The van der Waals surface area contributed by atoms with Gasteiger partial charge >= 0.3 is 0 Å². The first-order chi connectivity index (χ1) is 7.45. The molecule has 0 amide bonds. The Morgan fingerprint density at radius 3 is 3.00 bits per heavy atom. The number of rotatable bonds is 5. The standard InChI is InChI=1S/C11H17N3O/c1-4-13-11(14-5-1)9-15-7-3-10-2-6-12-8-10/h1,4-5,10,12H,2-3,6-9H2. The van der Waals surface area contributed by atoms with Gasteiger partial charge in [-0.05, 0) is 37.9 Å². The van der Waals surface area contributed by atoms with Gasteiger partial charge in [-0.25, -0.2) is 9.97 Å². The van der Waals surface area contributed by atoms with Crippen LogP contribution in [0.2, 0.25) is 0 Å². The Bertz CT molecular complexity index is 272. The molecule has 1 aliphatic rings. The van der Waals surface area contributed by atoms with Gasteiger partial charge in [-0.2, -0.15) is 0 Å². The number of nitrogens with one attached hydrogen (secondary N) is 1. The van der Waals surface area contributed by atoms with Crippen molar-refractivity contribution in [1.82, 2.24) is 15.3 Å². The van der Waals surface area contributed by atoms with E-state index in [-0.39, 0.29) is 0 Å². The van der Waals surface area contributed by atoms with E-state index in [1.54, 1.807) is 12.4 Å². The average Bonchev–Trinajstić information content (AvgIpc) is 2.79. The summed E-state index contributed by atoms with van der Waals surface area (Å²) in [5.74, 6) is 1.56. The highest BCUT2D eigenvalue weighted by atomic mass is 16.5. The molecule has 1 aliphatic heterocycles. The molecule has 15 heavy (non-hydrogen) atoms. The summed E-state index contributed by atoms with van der Waals surface area (Å²) in [5, 5.41) is 3.35. The Kier molecular flexibility index (Phi) is 4.05. The van der Waals surface area contributed by atoms with Gasteiger partial charge in [0.05, 0.1) is 0 Å². The molecule has 1 N–H and O–H groups in total. The highest BCUT2D eigenvalue weighted by Gasteiger charge is 2.13. The predicted octanol–water partition coefficient (Wildman–Crippen LogP) is 0.993. The van der Waals surface area contributed by atoms with Crippen LogP contribution in [-0.4, -0.2) is 29.7 Å². The minimum atomic E-state index is 0.529. The molecule has 1 aromatic heterocycles. The summed E-state index contributed by atoms with van der Waals surface area (Å²) < 4.78 is 5.53. The topological polar surface area (TPSA) is 47.0 Å². The van der Waals surface area contributed by atoms with Gasteiger partial charge in [-0.15, -0.1) is 0 Å². The Labute approximate surface area is 90.1 Å². The lowest BCUT2D eigenvalue weighted by molar-refractivity contribution is 0.104. The Balaban J connectivity index is 1.59. The smallest absolute Gasteiger partial charge is 0.153 e. The van der Waals surface area contributed by atoms with Crippen LogP contribution in [0.5, 0.6) is 0 Å². The van der Waals surface area contributed by atoms with Gasteiger partial charge in [0.25, 0.3) is 0 Å². The lowest BCUT2D eigenvalue weighted by Crippen LogP contribution is -2.11. The fraction of sp³-hybridized carbons (Fsp3) is 0.636. The first-order valence-electron chi connectivity index (χ1n) is 5.49. The molecular formula is C11H17N3O. The van der Waals surface area contributed by atoms with Crippen molar-refractivity contribution in [3.8, 4) is 0 Å². The highest BCUT2D eigenvalue weighted by Crippen LogP contribution is 2.11. The van der Waals surface area contributed by atoms with Gasteiger partial charge in [0.15, 0.2) is 5.82 Å². The van der Waals surface area contributed by atoms with Crippen molar-refractivity contribution in [2.24, 2.45) is 5.92 Å². The normalized spacial score (nSPS) is 20.7. The van der Waals surface area contributed by atoms with Crippen molar-refractivity contribution in [2.45, 2.75) is 19.4 Å². The van der Waals surface area contributed by atoms with E-state index in [2.05, 4.69) is 15.3 Å². The van der Waals surface area contributed by atoms with E-state index < -0.39 is 0 Å². The summed E-state index contributed by atoms with van der Waals surface area (Å²) in [7, 11) is 0. The molecular weight excluding hydrogens is 190 g/mol. The van der Waals surface area contributed by atoms with Gasteiger partial charge in [-0.3, -0.25) is 0 Å². The summed E-state index contributed by atoms with van der Waals surface area (Å²) in [6.45, 7) is 3.64. The number of aromatic nitrogens is 2. The van der Waals surface area contributed by atoms with Gasteiger partial charge in [0.1, 0.15) is 6.61 Å². The summed E-state index contributed by atoms with van der Waals surface area (Å²) >= 11 is 0. The molecule has 0 radical (unpaired) electrons. The first-order valence-corrected chi connectivity index (χ1v) is 5.49. The van der Waals surface area contributed by atoms with Crippen molar-refractivity contribution in [1.29, 1.82) is 0 Å². The minimum Gasteiger partial charge on any atom is -0.373 e. The van der Waals surface area contributed by atoms with Crippen LogP contribution in [0, 0.1) is 5.92 Å². The van der Waals surface area contributed by atoms with Crippen molar-refractivity contribution in [3.63, 3.8) is 0 Å². The van der Waals surface area contributed by atoms with Crippen LogP contribution in [0.15, 0.2) is 18.5 Å². The van der Waals surface area contributed by atoms with E-state index in [1.807, 2.05) is 6.07 Å². The van der Waals surface area contributed by atoms with Crippen LogP contribution in [0.1, 0.15) is 18.7 Å². The van der Waals surface area contributed by atoms with Crippen LogP contribution >= 0.6 is 0 Å². The van der Waals surface area contributed by atoms with E-state index in [0.717, 1.165) is 37.9 Å². The maximum Gasteiger partial charge on any atom is 0.153 e. The Morgan fingerprint density at radius 1 is 1.40 bits per heavy atom. The molecule has 0 bridgehead atoms. The molecule has 1 fully saturated rings. The molecule has 4 nitrogen and oxygen atoms in total. The van der Waals surface area contributed by atoms with Crippen molar-refractivity contribution in [2.75, 3.05) is 19.7 Å². The quantitative estimate of drug-likeness (QED) is 0.731. The molecule has 1 aromatic rings. The number of hydrogen-bond acceptors (Lipinski definition) is 4. The fourth-order valence-electron chi connectivity index (χ4n) is 1.78. The molecule has 0 saturated carbocycles. The second-order valence-electron chi connectivity index (χ2n) is 3.87. The van der Waals surface area contributed by atoms with Crippen LogP contribution < -0.4 is 5.32 Å². The SMILES string of the molecule is c1cnc(COCCC2CCNC2)nc1. The van der Waals surface area contributed by atoms with Crippen LogP contribution in [0.25, 0.3) is 0 Å². The third-order valence-electron chi connectivity index (χ3n) is 2.68. The Hall–Kier alpha value is -1.00. The molecule has 2 rings (SSSR count). The van der Waals surface area contributed by atoms with Crippen LogP contribution in [0.3, 0.4) is 0 Å².